The second-order valence-electron chi connectivity index (χ2n) is 4.04. The number of aliphatic carboxylic acids is 1. The van der Waals surface area contributed by atoms with Crippen molar-refractivity contribution >= 4 is 18.1 Å². The van der Waals surface area contributed by atoms with Gasteiger partial charge in [0.2, 0.25) is 0 Å². The van der Waals surface area contributed by atoms with Gasteiger partial charge in [-0.3, -0.25) is 9.78 Å². The van der Waals surface area contributed by atoms with Crippen molar-refractivity contribution in [3.8, 4) is 5.75 Å². The molecule has 8 heteroatoms. The van der Waals surface area contributed by atoms with Crippen molar-refractivity contribution in [2.24, 2.45) is 5.10 Å². The number of nitrogens with zero attached hydrogens (tertiary/aromatic N) is 3. The van der Waals surface area contributed by atoms with E-state index < -0.39 is 18.5 Å². The zero-order valence-corrected chi connectivity index (χ0v) is 11.3. The third-order valence-electron chi connectivity index (χ3n) is 2.42. The minimum absolute atomic E-state index is 0.164. The van der Waals surface area contributed by atoms with Gasteiger partial charge in [-0.1, -0.05) is 0 Å². The molecule has 0 saturated carbocycles. The van der Waals surface area contributed by atoms with Gasteiger partial charge in [0.05, 0.1) is 12.4 Å². The summed E-state index contributed by atoms with van der Waals surface area (Å²) in [5.41, 5.74) is 3.20. The van der Waals surface area contributed by atoms with Crippen molar-refractivity contribution in [1.29, 1.82) is 0 Å². The normalized spacial score (nSPS) is 10.4. The molecule has 0 radical (unpaired) electrons. The Morgan fingerprint density at radius 1 is 1.27 bits per heavy atom. The van der Waals surface area contributed by atoms with Crippen LogP contribution >= 0.6 is 0 Å². The molecule has 2 N–H and O–H groups in total. The number of benzene rings is 1. The van der Waals surface area contributed by atoms with Gasteiger partial charge in [0.1, 0.15) is 11.4 Å². The smallest absolute Gasteiger partial charge is 0.341 e. The first-order chi connectivity index (χ1) is 10.6. The molecular weight excluding hydrogens is 288 g/mol. The lowest BCUT2D eigenvalue weighted by molar-refractivity contribution is -0.139. The number of carbonyl (C=O) groups is 2. The van der Waals surface area contributed by atoms with E-state index in [2.05, 4.69) is 20.5 Å². The highest BCUT2D eigenvalue weighted by Crippen LogP contribution is 2.10. The molecule has 0 bridgehead atoms. The van der Waals surface area contributed by atoms with E-state index in [1.54, 1.807) is 24.3 Å². The van der Waals surface area contributed by atoms with Crippen LogP contribution in [0.4, 0.5) is 0 Å². The molecule has 0 spiro atoms. The molecule has 0 unspecified atom stereocenters. The van der Waals surface area contributed by atoms with Crippen LogP contribution in [0.1, 0.15) is 16.1 Å². The standard InChI is InChI=1S/C14H12N4O4/c19-13(20)9-22-11-3-1-10(2-4-11)7-17-18-14(21)12-8-15-5-6-16-12/h1-8H,9H2,(H,18,21)(H,19,20)/b17-7+. The van der Waals surface area contributed by atoms with Crippen LogP contribution < -0.4 is 10.2 Å². The monoisotopic (exact) mass is 300 g/mol. The minimum atomic E-state index is -1.04. The van der Waals surface area contributed by atoms with E-state index in [1.165, 1.54) is 24.8 Å². The number of amides is 1. The summed E-state index contributed by atoms with van der Waals surface area (Å²) in [6, 6.07) is 6.56. The Balaban J connectivity index is 1.88. The number of hydrogen-bond donors (Lipinski definition) is 2. The SMILES string of the molecule is O=C(O)COc1ccc(/C=N/NC(=O)c2cnccn2)cc1. The fourth-order valence-electron chi connectivity index (χ4n) is 1.43. The van der Waals surface area contributed by atoms with Crippen molar-refractivity contribution in [2.45, 2.75) is 0 Å². The fourth-order valence-corrected chi connectivity index (χ4v) is 1.43. The summed E-state index contributed by atoms with van der Waals surface area (Å²) in [5, 5.41) is 12.3. The van der Waals surface area contributed by atoms with Crippen LogP contribution in [0.5, 0.6) is 5.75 Å². The molecule has 1 heterocycles. The molecule has 1 aromatic carbocycles. The number of hydrogen-bond acceptors (Lipinski definition) is 6. The Morgan fingerprint density at radius 3 is 2.68 bits per heavy atom. The van der Waals surface area contributed by atoms with Gasteiger partial charge in [0.25, 0.3) is 5.91 Å². The second kappa shape index (κ2) is 7.48. The third-order valence-corrected chi connectivity index (χ3v) is 2.42. The van der Waals surface area contributed by atoms with Crippen molar-refractivity contribution in [1.82, 2.24) is 15.4 Å². The van der Waals surface area contributed by atoms with E-state index in [9.17, 15) is 9.59 Å². The number of carbonyl (C=O) groups excluding carboxylic acids is 1. The molecule has 0 fully saturated rings. The summed E-state index contributed by atoms with van der Waals surface area (Å²) in [5.74, 6) is -1.08. The molecule has 112 valence electrons. The van der Waals surface area contributed by atoms with Gasteiger partial charge in [0.15, 0.2) is 6.61 Å². The van der Waals surface area contributed by atoms with Gasteiger partial charge in [-0.05, 0) is 29.8 Å². The van der Waals surface area contributed by atoms with Crippen molar-refractivity contribution in [2.75, 3.05) is 6.61 Å². The van der Waals surface area contributed by atoms with Crippen molar-refractivity contribution in [3.63, 3.8) is 0 Å². The molecule has 0 saturated heterocycles. The summed E-state index contributed by atoms with van der Waals surface area (Å²) in [6.07, 6.45) is 5.65. The van der Waals surface area contributed by atoms with Gasteiger partial charge >= 0.3 is 5.97 Å². The molecule has 22 heavy (non-hydrogen) atoms. The predicted octanol–water partition coefficient (Wildman–Crippen LogP) is 0.704. The number of carboxylic acids is 1. The van der Waals surface area contributed by atoms with Gasteiger partial charge in [0, 0.05) is 12.4 Å². The van der Waals surface area contributed by atoms with Crippen LogP contribution in [0.3, 0.4) is 0 Å². The fraction of sp³-hybridized carbons (Fsp3) is 0.0714. The number of ether oxygens (including phenoxy) is 1. The molecule has 0 aliphatic rings. The van der Waals surface area contributed by atoms with Crippen LogP contribution in [0.2, 0.25) is 0 Å². The minimum Gasteiger partial charge on any atom is -0.482 e. The van der Waals surface area contributed by atoms with Crippen LogP contribution in [0, 0.1) is 0 Å². The van der Waals surface area contributed by atoms with Gasteiger partial charge in [-0.2, -0.15) is 5.10 Å². The molecule has 0 aliphatic carbocycles. The Hall–Kier alpha value is -3.29. The lowest BCUT2D eigenvalue weighted by Gasteiger charge is -2.02. The van der Waals surface area contributed by atoms with E-state index in [0.717, 1.165) is 0 Å². The molecule has 2 aromatic rings. The first-order valence-electron chi connectivity index (χ1n) is 6.19. The van der Waals surface area contributed by atoms with Crippen LogP contribution in [0.15, 0.2) is 48.0 Å². The van der Waals surface area contributed by atoms with Gasteiger partial charge < -0.3 is 9.84 Å². The maximum Gasteiger partial charge on any atom is 0.341 e. The molecule has 1 aromatic heterocycles. The number of nitrogens with one attached hydrogen (secondary N) is 1. The largest absolute Gasteiger partial charge is 0.482 e. The molecular formula is C14H12N4O4. The highest BCUT2D eigenvalue weighted by Gasteiger charge is 2.04. The average molecular weight is 300 g/mol. The first kappa shape index (κ1) is 15.1. The Labute approximate surface area is 125 Å². The number of carboxylic acid groups (broad SMARTS) is 1. The lowest BCUT2D eigenvalue weighted by atomic mass is 10.2. The summed E-state index contributed by atoms with van der Waals surface area (Å²) in [7, 11) is 0. The Bertz CT molecular complexity index is 671. The second-order valence-corrected chi connectivity index (χ2v) is 4.04. The predicted molar refractivity (Wildman–Crippen MR) is 76.7 cm³/mol. The van der Waals surface area contributed by atoms with E-state index in [0.29, 0.717) is 11.3 Å². The third kappa shape index (κ3) is 4.67. The summed E-state index contributed by atoms with van der Waals surface area (Å²) in [4.78, 5) is 29.6. The van der Waals surface area contributed by atoms with Crippen LogP contribution in [-0.4, -0.2) is 39.8 Å². The molecule has 0 aliphatic heterocycles. The van der Waals surface area contributed by atoms with Crippen molar-refractivity contribution in [3.05, 3.63) is 54.1 Å². The Morgan fingerprint density at radius 2 is 2.05 bits per heavy atom. The zero-order valence-electron chi connectivity index (χ0n) is 11.3. The molecule has 2 rings (SSSR count). The topological polar surface area (TPSA) is 114 Å². The van der Waals surface area contributed by atoms with E-state index >= 15 is 0 Å². The maximum absolute atomic E-state index is 11.6. The number of rotatable bonds is 6. The highest BCUT2D eigenvalue weighted by molar-refractivity contribution is 5.92. The van der Waals surface area contributed by atoms with Crippen molar-refractivity contribution < 1.29 is 19.4 Å². The quantitative estimate of drug-likeness (QED) is 0.599. The summed E-state index contributed by atoms with van der Waals surface area (Å²) >= 11 is 0. The first-order valence-corrected chi connectivity index (χ1v) is 6.19. The van der Waals surface area contributed by atoms with Crippen LogP contribution in [-0.2, 0) is 4.79 Å². The average Bonchev–Trinajstić information content (AvgIpc) is 2.55. The van der Waals surface area contributed by atoms with Gasteiger partial charge in [-0.15, -0.1) is 0 Å². The number of aromatic nitrogens is 2. The van der Waals surface area contributed by atoms with E-state index in [1.807, 2.05) is 0 Å². The van der Waals surface area contributed by atoms with Gasteiger partial charge in [-0.25, -0.2) is 15.2 Å². The number of hydrazone groups is 1. The van der Waals surface area contributed by atoms with E-state index in [4.69, 9.17) is 9.84 Å². The summed E-state index contributed by atoms with van der Waals surface area (Å²) < 4.78 is 4.99. The Kier molecular flexibility index (Phi) is 5.14. The highest BCUT2D eigenvalue weighted by atomic mass is 16.5. The zero-order chi connectivity index (χ0) is 15.8. The van der Waals surface area contributed by atoms with Crippen LogP contribution in [0.25, 0.3) is 0 Å². The summed E-state index contributed by atoms with van der Waals surface area (Å²) in [6.45, 7) is -0.401. The van der Waals surface area contributed by atoms with E-state index in [-0.39, 0.29) is 5.69 Å². The maximum atomic E-state index is 11.6. The molecule has 1 amide bonds. The molecule has 8 nitrogen and oxygen atoms in total. The molecule has 0 atom stereocenters. The lowest BCUT2D eigenvalue weighted by Crippen LogP contribution is -2.19.